The number of nitrogens with two attached hydrogens (primary N) is 1. The first-order chi connectivity index (χ1) is 19.4. The zero-order valence-corrected chi connectivity index (χ0v) is 25.2. The van der Waals surface area contributed by atoms with Crippen LogP contribution in [0.1, 0.15) is 35.5 Å². The number of nitrogens with zero attached hydrogens (tertiary/aromatic N) is 2. The zero-order chi connectivity index (χ0) is 29.4. The normalized spacial score (nSPS) is 10.3. The average molecular weight is 600 g/mol. The van der Waals surface area contributed by atoms with Crippen LogP contribution in [0.15, 0.2) is 66.9 Å². The van der Waals surface area contributed by atoms with Crippen LogP contribution in [0.2, 0.25) is 5.02 Å². The number of para-hydroxylation sites is 1. The number of halogens is 2. The van der Waals surface area contributed by atoms with Crippen molar-refractivity contribution in [3.8, 4) is 17.2 Å². The molecule has 40 heavy (non-hydrogen) atoms. The number of fused-ring (bicyclic) bond motifs is 1. The van der Waals surface area contributed by atoms with Crippen molar-refractivity contribution in [3.05, 3.63) is 94.5 Å². The summed E-state index contributed by atoms with van der Waals surface area (Å²) >= 11 is 11.3. The van der Waals surface area contributed by atoms with Crippen LogP contribution in [0.4, 0.5) is 15.9 Å². The van der Waals surface area contributed by atoms with Crippen molar-refractivity contribution in [1.82, 2.24) is 14.8 Å². The molecular weight excluding hydrogens is 569 g/mol. The molecule has 0 amide bonds. The number of aryl methyl sites for hydroxylation is 1. The molecule has 5 aromatic rings. The van der Waals surface area contributed by atoms with Crippen molar-refractivity contribution >= 4 is 64.4 Å². The Kier molecular flexibility index (Phi) is 10.9. The standard InChI is InChI=1S/C26H21ClFN5O2S.C2H6.CH4S/c1-14-8-17(35-16-6-4-3-5-7-16)11-20(28)24(14)33-26(29)18(13-30-33)25(34)23-10-15-9-22(32-36-2)19(27)12-21(15)31-23;2*1-2/h3-13,31-32H,29H2,1-2H3;1-2H3;2H,1H3. The van der Waals surface area contributed by atoms with Crippen LogP contribution >= 0.6 is 36.2 Å². The van der Waals surface area contributed by atoms with Gasteiger partial charge in [0.1, 0.15) is 23.0 Å². The first-order valence-corrected chi connectivity index (χ1v) is 14.8. The lowest BCUT2D eigenvalue weighted by atomic mass is 10.1. The molecule has 7 nitrogen and oxygen atoms in total. The van der Waals surface area contributed by atoms with Gasteiger partial charge in [-0.15, -0.1) is 0 Å². The number of H-pyrrole nitrogens is 1. The van der Waals surface area contributed by atoms with Crippen LogP contribution in [0.3, 0.4) is 0 Å². The topological polar surface area (TPSA) is 98.0 Å². The van der Waals surface area contributed by atoms with Crippen molar-refractivity contribution < 1.29 is 13.9 Å². The van der Waals surface area contributed by atoms with Gasteiger partial charge in [-0.25, -0.2) is 9.07 Å². The van der Waals surface area contributed by atoms with Crippen LogP contribution in [0.25, 0.3) is 16.6 Å². The minimum absolute atomic E-state index is 0.0279. The third-order valence-corrected chi connectivity index (χ3v) is 6.37. The van der Waals surface area contributed by atoms with Gasteiger partial charge in [0, 0.05) is 23.2 Å². The smallest absolute Gasteiger partial charge is 0.214 e. The minimum atomic E-state index is -0.580. The Bertz CT molecular complexity index is 1580. The van der Waals surface area contributed by atoms with Crippen molar-refractivity contribution in [2.45, 2.75) is 20.8 Å². The molecule has 210 valence electrons. The fraction of sp³-hybridized carbons (Fsp3) is 0.172. The summed E-state index contributed by atoms with van der Waals surface area (Å²) in [6, 6.07) is 17.4. The van der Waals surface area contributed by atoms with Gasteiger partial charge in [-0.3, -0.25) is 4.79 Å². The molecule has 0 atom stereocenters. The van der Waals surface area contributed by atoms with Crippen LogP contribution in [0, 0.1) is 12.7 Å². The van der Waals surface area contributed by atoms with Crippen molar-refractivity contribution in [1.29, 1.82) is 0 Å². The molecule has 0 unspecified atom stereocenters. The zero-order valence-electron chi connectivity index (χ0n) is 22.8. The Hall–Kier alpha value is -3.60. The number of hydrogen-bond donors (Lipinski definition) is 4. The van der Waals surface area contributed by atoms with Gasteiger partial charge < -0.3 is 20.2 Å². The SMILES string of the molecule is CC.CS.CSNc1cc2cc(C(=O)c3cnn(-c4c(C)cc(Oc5ccccc5)cc4F)c3N)[nH]c2cc1Cl. The molecule has 0 spiro atoms. The van der Waals surface area contributed by atoms with Gasteiger partial charge in [0.05, 0.1) is 28.2 Å². The molecule has 0 aliphatic rings. The predicted octanol–water partition coefficient (Wildman–Crippen LogP) is 8.32. The van der Waals surface area contributed by atoms with Crippen LogP contribution < -0.4 is 15.2 Å². The Labute approximate surface area is 247 Å². The molecule has 0 saturated carbocycles. The lowest BCUT2D eigenvalue weighted by Gasteiger charge is -2.13. The number of benzene rings is 3. The van der Waals surface area contributed by atoms with Gasteiger partial charge in [-0.05, 0) is 55.1 Å². The van der Waals surface area contributed by atoms with Gasteiger partial charge in [0.2, 0.25) is 5.78 Å². The second-order valence-corrected chi connectivity index (χ2v) is 9.10. The van der Waals surface area contributed by atoms with Crippen molar-refractivity contribution in [3.63, 3.8) is 0 Å². The quantitative estimate of drug-likeness (QED) is 0.0853. The number of carbonyl (C=O) groups excluding carboxylic acids is 1. The Morgan fingerprint density at radius 1 is 1.12 bits per heavy atom. The lowest BCUT2D eigenvalue weighted by Crippen LogP contribution is -2.10. The number of ketones is 1. The molecule has 4 N–H and O–H groups in total. The lowest BCUT2D eigenvalue weighted by molar-refractivity contribution is 0.103. The average Bonchev–Trinajstić information content (AvgIpc) is 3.54. The number of ether oxygens (including phenoxy) is 1. The maximum atomic E-state index is 15.2. The van der Waals surface area contributed by atoms with E-state index in [1.165, 1.54) is 28.9 Å². The molecule has 3 aromatic carbocycles. The number of rotatable bonds is 7. The van der Waals surface area contributed by atoms with Crippen LogP contribution in [0.5, 0.6) is 11.5 Å². The molecule has 0 bridgehead atoms. The summed E-state index contributed by atoms with van der Waals surface area (Å²) < 4.78 is 25.3. The second-order valence-electron chi connectivity index (χ2n) is 8.08. The highest BCUT2D eigenvalue weighted by molar-refractivity contribution is 7.99. The van der Waals surface area contributed by atoms with E-state index in [0.29, 0.717) is 33.3 Å². The van der Waals surface area contributed by atoms with Crippen LogP contribution in [-0.4, -0.2) is 33.1 Å². The Morgan fingerprint density at radius 2 is 1.82 bits per heavy atom. The van der Waals surface area contributed by atoms with E-state index in [1.54, 1.807) is 43.5 Å². The van der Waals surface area contributed by atoms with E-state index in [-0.39, 0.29) is 22.9 Å². The number of carbonyl (C=O) groups is 1. The first-order valence-electron chi connectivity index (χ1n) is 12.3. The van der Waals surface area contributed by atoms with Crippen LogP contribution in [-0.2, 0) is 0 Å². The molecule has 2 aromatic heterocycles. The summed E-state index contributed by atoms with van der Waals surface area (Å²) in [4.78, 5) is 16.4. The maximum absolute atomic E-state index is 15.2. The maximum Gasteiger partial charge on any atom is 0.214 e. The van der Waals surface area contributed by atoms with Gasteiger partial charge in [-0.2, -0.15) is 17.7 Å². The monoisotopic (exact) mass is 599 g/mol. The summed E-state index contributed by atoms with van der Waals surface area (Å²) in [7, 11) is 0. The third kappa shape index (κ3) is 6.57. The Morgan fingerprint density at radius 3 is 2.48 bits per heavy atom. The highest BCUT2D eigenvalue weighted by atomic mass is 35.5. The van der Waals surface area contributed by atoms with E-state index in [4.69, 9.17) is 22.1 Å². The highest BCUT2D eigenvalue weighted by Crippen LogP contribution is 2.32. The molecule has 0 radical (unpaired) electrons. The van der Waals surface area contributed by atoms with E-state index in [0.717, 1.165) is 11.1 Å². The molecule has 5 rings (SSSR count). The molecule has 0 fully saturated rings. The first kappa shape index (κ1) is 30.9. The number of aromatic amines is 1. The predicted molar refractivity (Wildman–Crippen MR) is 169 cm³/mol. The minimum Gasteiger partial charge on any atom is -0.457 e. The molecule has 0 aliphatic heterocycles. The number of nitrogen functional groups attached to an aromatic ring is 1. The van der Waals surface area contributed by atoms with E-state index < -0.39 is 5.82 Å². The number of anilines is 2. The second kappa shape index (κ2) is 14.2. The van der Waals surface area contributed by atoms with Gasteiger partial charge >= 0.3 is 0 Å². The van der Waals surface area contributed by atoms with E-state index in [2.05, 4.69) is 27.4 Å². The third-order valence-electron chi connectivity index (χ3n) is 5.63. The fourth-order valence-electron chi connectivity index (χ4n) is 3.98. The van der Waals surface area contributed by atoms with Crippen molar-refractivity contribution in [2.75, 3.05) is 23.0 Å². The van der Waals surface area contributed by atoms with E-state index >= 15 is 4.39 Å². The number of aromatic nitrogens is 3. The fourth-order valence-corrected chi connectivity index (χ4v) is 4.63. The summed E-state index contributed by atoms with van der Waals surface area (Å²) in [5.74, 6) is 0.0112. The summed E-state index contributed by atoms with van der Waals surface area (Å²) in [5, 5.41) is 5.55. The van der Waals surface area contributed by atoms with E-state index in [9.17, 15) is 4.79 Å². The number of thiol groups is 1. The molecule has 2 heterocycles. The van der Waals surface area contributed by atoms with Crippen molar-refractivity contribution in [2.24, 2.45) is 0 Å². The molecular formula is C29H31ClFN5O2S2. The summed E-state index contributed by atoms with van der Waals surface area (Å²) in [6.07, 6.45) is 4.92. The highest BCUT2D eigenvalue weighted by Gasteiger charge is 2.22. The molecule has 0 saturated heterocycles. The summed E-state index contributed by atoms with van der Waals surface area (Å²) in [5.41, 5.74) is 8.89. The van der Waals surface area contributed by atoms with Gasteiger partial charge in [0.25, 0.3) is 0 Å². The number of hydrogen-bond acceptors (Lipinski definition) is 7. The molecule has 0 aliphatic carbocycles. The van der Waals surface area contributed by atoms with Gasteiger partial charge in [-0.1, -0.05) is 55.6 Å². The van der Waals surface area contributed by atoms with E-state index in [1.807, 2.05) is 44.4 Å². The molecule has 11 heteroatoms. The number of nitrogens with one attached hydrogen (secondary N) is 2. The largest absolute Gasteiger partial charge is 0.457 e. The van der Waals surface area contributed by atoms with Gasteiger partial charge in [0.15, 0.2) is 5.82 Å². The Balaban J connectivity index is 0.00000106. The summed E-state index contributed by atoms with van der Waals surface area (Å²) in [6.45, 7) is 5.72.